The zero-order chi connectivity index (χ0) is 14.7. The van der Waals surface area contributed by atoms with Crippen LogP contribution in [-0.2, 0) is 0 Å². The number of nitrogens with zero attached hydrogens (tertiary/aromatic N) is 1. The number of nitrogens with two attached hydrogens (primary N) is 1. The molecule has 0 fully saturated rings. The molecule has 4 nitrogen and oxygen atoms in total. The topological polar surface area (TPSA) is 62.3 Å². The van der Waals surface area contributed by atoms with E-state index in [4.69, 9.17) is 15.9 Å². The molecule has 0 aliphatic heterocycles. The summed E-state index contributed by atoms with van der Waals surface area (Å²) < 4.78 is 6.17. The third kappa shape index (κ3) is 2.77. The molecule has 0 saturated heterocycles. The predicted octanol–water partition coefficient (Wildman–Crippen LogP) is 3.51. The number of rotatable bonds is 4. The number of benzene rings is 2. The molecule has 0 unspecified atom stereocenters. The van der Waals surface area contributed by atoms with Gasteiger partial charge >= 0.3 is 0 Å². The number of methoxy groups -OCH3 is 1. The summed E-state index contributed by atoms with van der Waals surface area (Å²) in [6.07, 6.45) is 0. The van der Waals surface area contributed by atoms with Gasteiger partial charge in [-0.3, -0.25) is 5.41 Å². The average Bonchev–Trinajstić information content (AvgIpc) is 2.45. The van der Waals surface area contributed by atoms with Gasteiger partial charge in [-0.1, -0.05) is 12.1 Å². The zero-order valence-corrected chi connectivity index (χ0v) is 12.9. The van der Waals surface area contributed by atoms with Crippen molar-refractivity contribution in [3.63, 3.8) is 0 Å². The molecule has 5 heteroatoms. The van der Waals surface area contributed by atoms with E-state index in [1.165, 1.54) is 0 Å². The lowest BCUT2D eigenvalue weighted by Gasteiger charge is -2.22. The SMILES string of the molecule is COc1ccccc1N(C)c1ccc(C(=N)N)c(Br)c1. The highest BCUT2D eigenvalue weighted by Crippen LogP contribution is 2.33. The van der Waals surface area contributed by atoms with E-state index in [1.807, 2.05) is 54.4 Å². The molecule has 0 aromatic heterocycles. The van der Waals surface area contributed by atoms with Crippen LogP contribution in [0.5, 0.6) is 5.75 Å². The number of halogens is 1. The molecule has 0 aliphatic rings. The summed E-state index contributed by atoms with van der Waals surface area (Å²) in [6, 6.07) is 13.5. The average molecular weight is 334 g/mol. The van der Waals surface area contributed by atoms with Crippen LogP contribution in [0.25, 0.3) is 0 Å². The summed E-state index contributed by atoms with van der Waals surface area (Å²) in [4.78, 5) is 2.02. The van der Waals surface area contributed by atoms with Crippen LogP contribution in [0.1, 0.15) is 5.56 Å². The number of hydrogen-bond acceptors (Lipinski definition) is 3. The normalized spacial score (nSPS) is 10.2. The number of ether oxygens (including phenoxy) is 1. The van der Waals surface area contributed by atoms with Crippen molar-refractivity contribution in [2.24, 2.45) is 5.73 Å². The second-order valence-electron chi connectivity index (χ2n) is 4.31. The molecule has 2 aromatic rings. The van der Waals surface area contributed by atoms with E-state index < -0.39 is 0 Å². The highest BCUT2D eigenvalue weighted by Gasteiger charge is 2.11. The molecule has 0 heterocycles. The Balaban J connectivity index is 2.41. The lowest BCUT2D eigenvalue weighted by atomic mass is 10.1. The van der Waals surface area contributed by atoms with Crippen LogP contribution < -0.4 is 15.4 Å². The van der Waals surface area contributed by atoms with E-state index in [9.17, 15) is 0 Å². The van der Waals surface area contributed by atoms with E-state index >= 15 is 0 Å². The molecule has 20 heavy (non-hydrogen) atoms. The zero-order valence-electron chi connectivity index (χ0n) is 11.4. The van der Waals surface area contributed by atoms with Gasteiger partial charge in [0.1, 0.15) is 11.6 Å². The lowest BCUT2D eigenvalue weighted by molar-refractivity contribution is 0.415. The molecule has 0 atom stereocenters. The largest absolute Gasteiger partial charge is 0.495 e. The second-order valence-corrected chi connectivity index (χ2v) is 5.16. The van der Waals surface area contributed by atoms with Crippen LogP contribution in [0, 0.1) is 5.41 Å². The first-order chi connectivity index (χ1) is 9.54. The van der Waals surface area contributed by atoms with Gasteiger partial charge in [-0.2, -0.15) is 0 Å². The molecule has 0 bridgehead atoms. The fraction of sp³-hybridized carbons (Fsp3) is 0.133. The van der Waals surface area contributed by atoms with Gasteiger partial charge in [0.25, 0.3) is 0 Å². The van der Waals surface area contributed by atoms with Gasteiger partial charge < -0.3 is 15.4 Å². The Labute approximate surface area is 126 Å². The smallest absolute Gasteiger partial charge is 0.142 e. The minimum absolute atomic E-state index is 0.0448. The van der Waals surface area contributed by atoms with Crippen LogP contribution >= 0.6 is 15.9 Å². The fourth-order valence-corrected chi connectivity index (χ4v) is 2.56. The summed E-state index contributed by atoms with van der Waals surface area (Å²) in [6.45, 7) is 0. The molecule has 0 radical (unpaired) electrons. The predicted molar refractivity (Wildman–Crippen MR) is 86.2 cm³/mol. The number of nitrogen functional groups attached to an aromatic ring is 1. The molecule has 0 saturated carbocycles. The number of para-hydroxylation sites is 2. The Morgan fingerprint density at radius 2 is 1.95 bits per heavy atom. The molecule has 2 aromatic carbocycles. The van der Waals surface area contributed by atoms with Crippen LogP contribution in [0.3, 0.4) is 0 Å². The first-order valence-corrected chi connectivity index (χ1v) is 6.84. The Morgan fingerprint density at radius 3 is 2.55 bits per heavy atom. The highest BCUT2D eigenvalue weighted by molar-refractivity contribution is 9.10. The Hall–Kier alpha value is -2.01. The van der Waals surface area contributed by atoms with Gasteiger partial charge in [0.2, 0.25) is 0 Å². The van der Waals surface area contributed by atoms with Gasteiger partial charge in [-0.05, 0) is 46.3 Å². The summed E-state index contributed by atoms with van der Waals surface area (Å²) in [5.41, 5.74) is 8.15. The van der Waals surface area contributed by atoms with Crippen molar-refractivity contribution in [1.29, 1.82) is 5.41 Å². The van der Waals surface area contributed by atoms with E-state index in [0.717, 1.165) is 21.6 Å². The molecular formula is C15H16BrN3O. The van der Waals surface area contributed by atoms with E-state index in [-0.39, 0.29) is 5.84 Å². The van der Waals surface area contributed by atoms with Crippen molar-refractivity contribution in [3.05, 3.63) is 52.5 Å². The quantitative estimate of drug-likeness (QED) is 0.664. The van der Waals surface area contributed by atoms with Crippen molar-refractivity contribution in [3.8, 4) is 5.75 Å². The molecule has 104 valence electrons. The number of hydrogen-bond donors (Lipinski definition) is 2. The molecule has 3 N–H and O–H groups in total. The maximum atomic E-state index is 7.50. The Bertz CT molecular complexity index is 643. The number of nitrogens with one attached hydrogen (secondary N) is 1. The van der Waals surface area contributed by atoms with Crippen molar-refractivity contribution >= 4 is 33.1 Å². The Kier molecular flexibility index (Phi) is 4.29. The van der Waals surface area contributed by atoms with Crippen molar-refractivity contribution in [2.45, 2.75) is 0 Å². The van der Waals surface area contributed by atoms with Gasteiger partial charge in [0, 0.05) is 22.8 Å². The summed E-state index contributed by atoms with van der Waals surface area (Å²) in [5.74, 6) is 0.852. The third-order valence-corrected chi connectivity index (χ3v) is 3.73. The lowest BCUT2D eigenvalue weighted by Crippen LogP contribution is -2.14. The fourth-order valence-electron chi connectivity index (χ4n) is 1.98. The van der Waals surface area contributed by atoms with Crippen LogP contribution in [-0.4, -0.2) is 20.0 Å². The molecule has 0 aliphatic carbocycles. The minimum atomic E-state index is 0.0448. The maximum Gasteiger partial charge on any atom is 0.142 e. The van der Waals surface area contributed by atoms with Crippen molar-refractivity contribution in [2.75, 3.05) is 19.1 Å². The van der Waals surface area contributed by atoms with E-state index in [0.29, 0.717) is 5.56 Å². The maximum absolute atomic E-state index is 7.50. The van der Waals surface area contributed by atoms with Crippen molar-refractivity contribution < 1.29 is 4.74 Å². The minimum Gasteiger partial charge on any atom is -0.495 e. The summed E-state index contributed by atoms with van der Waals surface area (Å²) in [5, 5.41) is 7.50. The van der Waals surface area contributed by atoms with Crippen molar-refractivity contribution in [1.82, 2.24) is 0 Å². The second kappa shape index (κ2) is 5.96. The number of amidine groups is 1. The van der Waals surface area contributed by atoms with Crippen LogP contribution in [0.4, 0.5) is 11.4 Å². The number of anilines is 2. The molecule has 2 rings (SSSR count). The third-order valence-electron chi connectivity index (χ3n) is 3.08. The van der Waals surface area contributed by atoms with Gasteiger partial charge in [0.05, 0.1) is 12.8 Å². The summed E-state index contributed by atoms with van der Waals surface area (Å²) in [7, 11) is 3.62. The van der Waals surface area contributed by atoms with Gasteiger partial charge in [-0.25, -0.2) is 0 Å². The van der Waals surface area contributed by atoms with Gasteiger partial charge in [0.15, 0.2) is 0 Å². The summed E-state index contributed by atoms with van der Waals surface area (Å²) >= 11 is 3.45. The first-order valence-electron chi connectivity index (χ1n) is 6.05. The molecule has 0 spiro atoms. The van der Waals surface area contributed by atoms with E-state index in [1.54, 1.807) is 7.11 Å². The van der Waals surface area contributed by atoms with Crippen LogP contribution in [0.15, 0.2) is 46.9 Å². The van der Waals surface area contributed by atoms with E-state index in [2.05, 4.69) is 15.9 Å². The van der Waals surface area contributed by atoms with Crippen LogP contribution in [0.2, 0.25) is 0 Å². The Morgan fingerprint density at radius 1 is 1.25 bits per heavy atom. The standard InChI is InChI=1S/C15H16BrN3O/c1-19(13-5-3-4-6-14(13)20-2)10-7-8-11(15(17)18)12(16)9-10/h3-9H,1-2H3,(H3,17,18). The molecular weight excluding hydrogens is 318 g/mol. The monoisotopic (exact) mass is 333 g/mol. The highest BCUT2D eigenvalue weighted by atomic mass is 79.9. The molecule has 0 amide bonds. The van der Waals surface area contributed by atoms with Gasteiger partial charge in [-0.15, -0.1) is 0 Å². The first kappa shape index (κ1) is 14.4.